The molecule has 1 N–H and O–H groups in total. The Balaban J connectivity index is 1.27. The Bertz CT molecular complexity index is 368. The summed E-state index contributed by atoms with van der Waals surface area (Å²) in [5.74, 6) is 6.06. The number of hydrogen-bond donors (Lipinski definition) is 1. The van der Waals surface area contributed by atoms with Crippen molar-refractivity contribution in [2.24, 2.45) is 46.3 Å². The Morgan fingerprint density at radius 1 is 0.714 bits per heavy atom. The molecule has 6 rings (SSSR count). The molecule has 0 aromatic heterocycles. The monoisotopic (exact) mass is 289 g/mol. The SMILES string of the molecule is CC1(C)C2CCC(CNCC3CC[C@H]4C[C@@H]3C4(C)C)C1C2. The topological polar surface area (TPSA) is 12.0 Å². The zero-order valence-electron chi connectivity index (χ0n) is 14.6. The molecule has 0 aromatic rings. The van der Waals surface area contributed by atoms with Crippen LogP contribution in [0, 0.1) is 46.3 Å². The summed E-state index contributed by atoms with van der Waals surface area (Å²) < 4.78 is 0. The van der Waals surface area contributed by atoms with Gasteiger partial charge in [-0.3, -0.25) is 0 Å². The maximum Gasteiger partial charge on any atom is -0.00175 e. The first-order chi connectivity index (χ1) is 9.90. The van der Waals surface area contributed by atoms with Crippen LogP contribution in [0.15, 0.2) is 0 Å². The van der Waals surface area contributed by atoms with Gasteiger partial charge in [-0.25, -0.2) is 0 Å². The number of nitrogens with one attached hydrogen (secondary N) is 1. The standard InChI is InChI=1S/C20H35N/c1-19(2)15-7-5-13(17(19)9-15)11-21-12-14-6-8-16-10-18(14)20(16,3)4/h13-18,21H,5-12H2,1-4H3/t13?,14?,15-,16?,17-,18?/m0/s1. The number of fused-ring (bicyclic) bond motifs is 4. The van der Waals surface area contributed by atoms with E-state index in [2.05, 4.69) is 33.0 Å². The van der Waals surface area contributed by atoms with Crippen molar-refractivity contribution >= 4 is 0 Å². The summed E-state index contributed by atoms with van der Waals surface area (Å²) in [5, 5.41) is 3.91. The van der Waals surface area contributed by atoms with Crippen molar-refractivity contribution in [1.29, 1.82) is 0 Å². The molecule has 1 nitrogen and oxygen atoms in total. The smallest absolute Gasteiger partial charge is 0.00175 e. The van der Waals surface area contributed by atoms with E-state index in [0.717, 1.165) is 35.5 Å². The van der Waals surface area contributed by atoms with Crippen LogP contribution < -0.4 is 5.32 Å². The highest BCUT2D eigenvalue weighted by molar-refractivity contribution is 5.05. The van der Waals surface area contributed by atoms with Gasteiger partial charge in [0.15, 0.2) is 0 Å². The van der Waals surface area contributed by atoms with Gasteiger partial charge in [-0.15, -0.1) is 0 Å². The lowest BCUT2D eigenvalue weighted by molar-refractivity contribution is -0.111. The molecule has 0 amide bonds. The lowest BCUT2D eigenvalue weighted by atomic mass is 9.45. The molecule has 0 radical (unpaired) electrons. The van der Waals surface area contributed by atoms with E-state index in [4.69, 9.17) is 0 Å². The molecule has 21 heavy (non-hydrogen) atoms. The van der Waals surface area contributed by atoms with Gasteiger partial charge in [0.25, 0.3) is 0 Å². The Morgan fingerprint density at radius 3 is 1.48 bits per heavy atom. The third-order valence-electron chi connectivity index (χ3n) is 8.82. The van der Waals surface area contributed by atoms with E-state index in [0.29, 0.717) is 10.8 Å². The molecule has 4 bridgehead atoms. The average Bonchev–Trinajstić information content (AvgIpc) is 2.47. The van der Waals surface area contributed by atoms with Gasteiger partial charge in [0.2, 0.25) is 0 Å². The van der Waals surface area contributed by atoms with Crippen LogP contribution in [0.25, 0.3) is 0 Å². The van der Waals surface area contributed by atoms with Gasteiger partial charge in [-0.05, 0) is 98.0 Å². The van der Waals surface area contributed by atoms with E-state index in [1.807, 2.05) is 0 Å². The minimum atomic E-state index is 0.651. The Hall–Kier alpha value is -0.0400. The lowest BCUT2D eigenvalue weighted by Gasteiger charge is -2.61. The minimum absolute atomic E-state index is 0.651. The Labute approximate surface area is 131 Å². The first kappa shape index (κ1) is 14.5. The van der Waals surface area contributed by atoms with Crippen LogP contribution in [-0.4, -0.2) is 13.1 Å². The molecule has 4 unspecified atom stereocenters. The summed E-state index contributed by atoms with van der Waals surface area (Å²) in [5.41, 5.74) is 1.30. The second-order valence-electron chi connectivity index (χ2n) is 10.1. The van der Waals surface area contributed by atoms with Crippen LogP contribution >= 0.6 is 0 Å². The van der Waals surface area contributed by atoms with Gasteiger partial charge >= 0.3 is 0 Å². The van der Waals surface area contributed by atoms with Gasteiger partial charge in [0, 0.05) is 0 Å². The van der Waals surface area contributed by atoms with Gasteiger partial charge in [0.1, 0.15) is 0 Å². The molecule has 6 aliphatic carbocycles. The van der Waals surface area contributed by atoms with Crippen molar-refractivity contribution < 1.29 is 0 Å². The zero-order chi connectivity index (χ0) is 14.8. The normalized spacial score (nSPS) is 49.1. The van der Waals surface area contributed by atoms with Crippen molar-refractivity contribution in [2.75, 3.05) is 13.1 Å². The van der Waals surface area contributed by atoms with E-state index < -0.39 is 0 Å². The molecule has 6 aliphatic rings. The van der Waals surface area contributed by atoms with Crippen molar-refractivity contribution in [3.05, 3.63) is 0 Å². The molecule has 6 fully saturated rings. The van der Waals surface area contributed by atoms with Crippen LogP contribution in [-0.2, 0) is 0 Å². The number of hydrogen-bond acceptors (Lipinski definition) is 1. The fourth-order valence-corrected chi connectivity index (χ4v) is 6.87. The first-order valence-electron chi connectivity index (χ1n) is 9.61. The van der Waals surface area contributed by atoms with E-state index in [1.165, 1.54) is 51.6 Å². The molecule has 0 heterocycles. The summed E-state index contributed by atoms with van der Waals surface area (Å²) in [6.45, 7) is 12.7. The second-order valence-corrected chi connectivity index (χ2v) is 10.1. The van der Waals surface area contributed by atoms with Gasteiger partial charge in [0.05, 0.1) is 0 Å². The highest BCUT2D eigenvalue weighted by Crippen LogP contribution is 2.62. The number of rotatable bonds is 4. The summed E-state index contributed by atoms with van der Waals surface area (Å²) in [6, 6.07) is 0. The van der Waals surface area contributed by atoms with Gasteiger partial charge in [-0.2, -0.15) is 0 Å². The fraction of sp³-hybridized carbons (Fsp3) is 1.00. The van der Waals surface area contributed by atoms with Crippen LogP contribution in [0.1, 0.15) is 66.2 Å². The molecule has 1 heteroatoms. The van der Waals surface area contributed by atoms with Crippen LogP contribution in [0.2, 0.25) is 0 Å². The second kappa shape index (κ2) is 4.73. The predicted molar refractivity (Wildman–Crippen MR) is 89.1 cm³/mol. The largest absolute Gasteiger partial charge is 0.316 e. The predicted octanol–water partition coefficient (Wildman–Crippen LogP) is 4.72. The highest BCUT2D eigenvalue weighted by Gasteiger charge is 2.55. The molecule has 0 spiro atoms. The molecule has 0 aliphatic heterocycles. The van der Waals surface area contributed by atoms with Crippen molar-refractivity contribution in [2.45, 2.75) is 66.2 Å². The van der Waals surface area contributed by atoms with Gasteiger partial charge < -0.3 is 5.32 Å². The molecule has 0 aromatic carbocycles. The van der Waals surface area contributed by atoms with E-state index >= 15 is 0 Å². The Morgan fingerprint density at radius 2 is 1.14 bits per heavy atom. The quantitative estimate of drug-likeness (QED) is 0.789. The third kappa shape index (κ3) is 2.06. The maximum absolute atomic E-state index is 3.91. The average molecular weight is 290 g/mol. The van der Waals surface area contributed by atoms with E-state index in [1.54, 1.807) is 0 Å². The maximum atomic E-state index is 3.91. The molecule has 0 saturated heterocycles. The molecular formula is C20H35N. The zero-order valence-corrected chi connectivity index (χ0v) is 14.6. The summed E-state index contributed by atoms with van der Waals surface area (Å²) >= 11 is 0. The Kier molecular flexibility index (Phi) is 3.27. The van der Waals surface area contributed by atoms with Crippen molar-refractivity contribution in [3.63, 3.8) is 0 Å². The van der Waals surface area contributed by atoms with E-state index in [9.17, 15) is 0 Å². The molecule has 6 saturated carbocycles. The molecular weight excluding hydrogens is 254 g/mol. The van der Waals surface area contributed by atoms with Crippen LogP contribution in [0.3, 0.4) is 0 Å². The summed E-state index contributed by atoms with van der Waals surface area (Å²) in [4.78, 5) is 0. The summed E-state index contributed by atoms with van der Waals surface area (Å²) in [6.07, 6.45) is 9.04. The van der Waals surface area contributed by atoms with Crippen molar-refractivity contribution in [1.82, 2.24) is 5.32 Å². The van der Waals surface area contributed by atoms with E-state index in [-0.39, 0.29) is 0 Å². The fourth-order valence-electron chi connectivity index (χ4n) is 6.87. The van der Waals surface area contributed by atoms with Gasteiger partial charge in [-0.1, -0.05) is 27.7 Å². The lowest BCUT2D eigenvalue weighted by Crippen LogP contribution is -2.56. The summed E-state index contributed by atoms with van der Waals surface area (Å²) in [7, 11) is 0. The highest BCUT2D eigenvalue weighted by atomic mass is 14.9. The third-order valence-corrected chi connectivity index (χ3v) is 8.82. The van der Waals surface area contributed by atoms with Crippen molar-refractivity contribution in [3.8, 4) is 0 Å². The van der Waals surface area contributed by atoms with Crippen LogP contribution in [0.4, 0.5) is 0 Å². The molecule has 120 valence electrons. The van der Waals surface area contributed by atoms with Crippen LogP contribution in [0.5, 0.6) is 0 Å². The first-order valence-corrected chi connectivity index (χ1v) is 9.61. The minimum Gasteiger partial charge on any atom is -0.316 e. The molecule has 6 atom stereocenters.